The SMILES string of the molecule is CCCCN1C(=O)c2ccc(C(=O)OCC(=O)Nc3cccc(C(=O)NC4CC4)c3)cc2C1=O. The summed E-state index contributed by atoms with van der Waals surface area (Å²) in [7, 11) is 0. The summed E-state index contributed by atoms with van der Waals surface area (Å²) in [5, 5.41) is 5.47. The molecule has 1 saturated carbocycles. The van der Waals surface area contributed by atoms with Crippen molar-refractivity contribution in [3.05, 3.63) is 64.7 Å². The fourth-order valence-corrected chi connectivity index (χ4v) is 3.58. The second kappa shape index (κ2) is 9.86. The van der Waals surface area contributed by atoms with Gasteiger partial charge in [0, 0.05) is 23.8 Å². The van der Waals surface area contributed by atoms with Gasteiger partial charge in [0.1, 0.15) is 0 Å². The van der Waals surface area contributed by atoms with E-state index in [4.69, 9.17) is 4.74 Å². The van der Waals surface area contributed by atoms with Gasteiger partial charge in [0.15, 0.2) is 6.61 Å². The number of esters is 1. The van der Waals surface area contributed by atoms with Gasteiger partial charge in [-0.1, -0.05) is 19.4 Å². The summed E-state index contributed by atoms with van der Waals surface area (Å²) in [5.74, 6) is -2.39. The Morgan fingerprint density at radius 1 is 1.00 bits per heavy atom. The van der Waals surface area contributed by atoms with Crippen molar-refractivity contribution in [3.8, 4) is 0 Å². The minimum absolute atomic E-state index is 0.0729. The summed E-state index contributed by atoms with van der Waals surface area (Å²) in [6.45, 7) is 1.74. The van der Waals surface area contributed by atoms with Gasteiger partial charge in [-0.25, -0.2) is 4.79 Å². The van der Waals surface area contributed by atoms with Crippen LogP contribution in [0.4, 0.5) is 5.69 Å². The number of imide groups is 1. The van der Waals surface area contributed by atoms with E-state index >= 15 is 0 Å². The van der Waals surface area contributed by atoms with Crippen LogP contribution in [0.3, 0.4) is 0 Å². The first-order chi connectivity index (χ1) is 16.4. The van der Waals surface area contributed by atoms with E-state index in [1.54, 1.807) is 24.3 Å². The molecule has 9 nitrogen and oxygen atoms in total. The third kappa shape index (κ3) is 5.14. The number of nitrogens with one attached hydrogen (secondary N) is 2. The number of rotatable bonds is 9. The molecule has 0 bridgehead atoms. The maximum absolute atomic E-state index is 12.6. The number of hydrogen-bond donors (Lipinski definition) is 2. The van der Waals surface area contributed by atoms with Crippen molar-refractivity contribution in [2.24, 2.45) is 0 Å². The first-order valence-corrected chi connectivity index (χ1v) is 11.3. The van der Waals surface area contributed by atoms with Gasteiger partial charge < -0.3 is 15.4 Å². The molecule has 34 heavy (non-hydrogen) atoms. The van der Waals surface area contributed by atoms with Crippen molar-refractivity contribution in [1.29, 1.82) is 0 Å². The summed E-state index contributed by atoms with van der Waals surface area (Å²) in [6, 6.07) is 10.8. The van der Waals surface area contributed by atoms with E-state index in [1.807, 2.05) is 6.92 Å². The molecule has 1 heterocycles. The molecule has 1 aliphatic carbocycles. The zero-order chi connectivity index (χ0) is 24.2. The lowest BCUT2D eigenvalue weighted by atomic mass is 10.1. The zero-order valence-electron chi connectivity index (χ0n) is 18.8. The highest BCUT2D eigenvalue weighted by molar-refractivity contribution is 6.22. The molecule has 0 unspecified atom stereocenters. The van der Waals surface area contributed by atoms with Crippen LogP contribution in [0.5, 0.6) is 0 Å². The molecule has 2 aromatic carbocycles. The largest absolute Gasteiger partial charge is 0.452 e. The maximum atomic E-state index is 12.6. The van der Waals surface area contributed by atoms with Crippen LogP contribution in [0.25, 0.3) is 0 Å². The van der Waals surface area contributed by atoms with Crippen molar-refractivity contribution < 1.29 is 28.7 Å². The Bertz CT molecular complexity index is 1170. The number of fused-ring (bicyclic) bond motifs is 1. The number of ether oxygens (including phenoxy) is 1. The van der Waals surface area contributed by atoms with Crippen molar-refractivity contribution in [2.45, 2.75) is 38.6 Å². The number of benzene rings is 2. The monoisotopic (exact) mass is 463 g/mol. The fourth-order valence-electron chi connectivity index (χ4n) is 3.58. The molecule has 1 aliphatic heterocycles. The molecule has 0 aromatic heterocycles. The lowest BCUT2D eigenvalue weighted by molar-refractivity contribution is -0.119. The predicted octanol–water partition coefficient (Wildman–Crippen LogP) is 2.77. The molecule has 4 amide bonds. The van der Waals surface area contributed by atoms with Crippen molar-refractivity contribution in [1.82, 2.24) is 10.2 Å². The minimum atomic E-state index is -0.789. The Labute approximate surface area is 196 Å². The van der Waals surface area contributed by atoms with Gasteiger partial charge in [0.05, 0.1) is 16.7 Å². The highest BCUT2D eigenvalue weighted by Gasteiger charge is 2.35. The van der Waals surface area contributed by atoms with Crippen LogP contribution in [0, 0.1) is 0 Å². The Kier molecular flexibility index (Phi) is 6.72. The van der Waals surface area contributed by atoms with Crippen LogP contribution in [0.2, 0.25) is 0 Å². The van der Waals surface area contributed by atoms with E-state index in [0.29, 0.717) is 24.2 Å². The standard InChI is InChI=1S/C25H25N3O6/c1-2-3-11-28-23(31)19-10-7-16(13-20(19)24(28)32)25(33)34-14-21(29)26-18-6-4-5-15(12-18)22(30)27-17-8-9-17/h4-7,10,12-13,17H,2-3,8-9,11,14H2,1H3,(H,26,29)(H,27,30). The Morgan fingerprint density at radius 2 is 1.76 bits per heavy atom. The predicted molar refractivity (Wildman–Crippen MR) is 123 cm³/mol. The van der Waals surface area contributed by atoms with Gasteiger partial charge in [0.2, 0.25) is 0 Å². The average molecular weight is 463 g/mol. The molecule has 1 fully saturated rings. The average Bonchev–Trinajstić information content (AvgIpc) is 3.62. The molecule has 176 valence electrons. The summed E-state index contributed by atoms with van der Waals surface area (Å²) in [6.07, 6.45) is 3.48. The van der Waals surface area contributed by atoms with Crippen LogP contribution in [0.15, 0.2) is 42.5 Å². The fraction of sp³-hybridized carbons (Fsp3) is 0.320. The number of carbonyl (C=O) groups excluding carboxylic acids is 5. The van der Waals surface area contributed by atoms with Crippen molar-refractivity contribution >= 4 is 35.3 Å². The van der Waals surface area contributed by atoms with E-state index in [-0.39, 0.29) is 34.5 Å². The Hall–Kier alpha value is -4.01. The van der Waals surface area contributed by atoms with Gasteiger partial charge in [-0.15, -0.1) is 0 Å². The van der Waals surface area contributed by atoms with E-state index in [9.17, 15) is 24.0 Å². The van der Waals surface area contributed by atoms with Crippen LogP contribution >= 0.6 is 0 Å². The van der Waals surface area contributed by atoms with E-state index in [2.05, 4.69) is 10.6 Å². The van der Waals surface area contributed by atoms with Gasteiger partial charge in [-0.05, 0) is 55.7 Å². The number of nitrogens with zero attached hydrogens (tertiary/aromatic N) is 1. The lowest BCUT2D eigenvalue weighted by Gasteiger charge is -2.12. The number of hydrogen-bond acceptors (Lipinski definition) is 6. The summed E-state index contributed by atoms with van der Waals surface area (Å²) < 4.78 is 5.07. The van der Waals surface area contributed by atoms with Gasteiger partial charge in [-0.3, -0.25) is 24.1 Å². The van der Waals surface area contributed by atoms with Gasteiger partial charge in [0.25, 0.3) is 23.6 Å². The molecule has 0 saturated heterocycles. The highest BCUT2D eigenvalue weighted by atomic mass is 16.5. The molecular weight excluding hydrogens is 438 g/mol. The number of carbonyl (C=O) groups is 5. The topological polar surface area (TPSA) is 122 Å². The first kappa shape index (κ1) is 23.2. The summed E-state index contributed by atoms with van der Waals surface area (Å²) >= 11 is 0. The maximum Gasteiger partial charge on any atom is 0.338 e. The molecule has 0 spiro atoms. The van der Waals surface area contributed by atoms with Crippen LogP contribution in [0.1, 0.15) is 74.0 Å². The van der Waals surface area contributed by atoms with E-state index < -0.39 is 24.4 Å². The zero-order valence-corrected chi connectivity index (χ0v) is 18.8. The molecule has 2 aromatic rings. The van der Waals surface area contributed by atoms with Crippen LogP contribution in [-0.2, 0) is 9.53 Å². The highest BCUT2D eigenvalue weighted by Crippen LogP contribution is 2.25. The molecule has 4 rings (SSSR count). The summed E-state index contributed by atoms with van der Waals surface area (Å²) in [4.78, 5) is 63.0. The normalized spacial score (nSPS) is 14.6. The second-order valence-electron chi connectivity index (χ2n) is 8.33. The molecule has 0 atom stereocenters. The third-order valence-corrected chi connectivity index (χ3v) is 5.60. The molecule has 2 N–H and O–H groups in total. The lowest BCUT2D eigenvalue weighted by Crippen LogP contribution is -2.30. The number of unbranched alkanes of at least 4 members (excludes halogenated alkanes) is 1. The van der Waals surface area contributed by atoms with Crippen molar-refractivity contribution in [3.63, 3.8) is 0 Å². The second-order valence-corrected chi connectivity index (χ2v) is 8.33. The Morgan fingerprint density at radius 3 is 2.50 bits per heavy atom. The minimum Gasteiger partial charge on any atom is -0.452 e. The van der Waals surface area contributed by atoms with Crippen LogP contribution in [-0.4, -0.2) is 53.7 Å². The number of anilines is 1. The van der Waals surface area contributed by atoms with Gasteiger partial charge in [-0.2, -0.15) is 0 Å². The van der Waals surface area contributed by atoms with Gasteiger partial charge >= 0.3 is 5.97 Å². The van der Waals surface area contributed by atoms with Crippen LogP contribution < -0.4 is 10.6 Å². The molecular formula is C25H25N3O6. The molecule has 0 radical (unpaired) electrons. The smallest absolute Gasteiger partial charge is 0.338 e. The van der Waals surface area contributed by atoms with E-state index in [0.717, 1.165) is 19.3 Å². The third-order valence-electron chi connectivity index (χ3n) is 5.60. The Balaban J connectivity index is 1.33. The summed E-state index contributed by atoms with van der Waals surface area (Å²) in [5.41, 5.74) is 1.30. The first-order valence-electron chi connectivity index (χ1n) is 11.3. The molecule has 2 aliphatic rings. The van der Waals surface area contributed by atoms with E-state index in [1.165, 1.54) is 23.1 Å². The molecule has 9 heteroatoms. The van der Waals surface area contributed by atoms with Crippen molar-refractivity contribution in [2.75, 3.05) is 18.5 Å². The quantitative estimate of drug-likeness (QED) is 0.436. The number of amides is 4.